The molecule has 2 aliphatic rings. The van der Waals surface area contributed by atoms with Crippen molar-refractivity contribution in [1.82, 2.24) is 0 Å². The maximum Gasteiger partial charge on any atom is 0.127 e. The molecule has 0 aromatic heterocycles. The van der Waals surface area contributed by atoms with Gasteiger partial charge in [-0.1, -0.05) is 51.7 Å². The van der Waals surface area contributed by atoms with Crippen molar-refractivity contribution >= 4 is 0 Å². The summed E-state index contributed by atoms with van der Waals surface area (Å²) in [6, 6.07) is 4.29. The highest BCUT2D eigenvalue weighted by molar-refractivity contribution is 5.52. The number of ether oxygens (including phenoxy) is 1. The lowest BCUT2D eigenvalue weighted by Gasteiger charge is -2.45. The van der Waals surface area contributed by atoms with Gasteiger partial charge in [0.2, 0.25) is 0 Å². The molecule has 0 saturated heterocycles. The van der Waals surface area contributed by atoms with Gasteiger partial charge in [-0.15, -0.1) is 0 Å². The molecule has 1 aliphatic carbocycles. The highest BCUT2D eigenvalue weighted by atomic mass is 16.5. The molecule has 0 radical (unpaired) electrons. The highest BCUT2D eigenvalue weighted by Gasteiger charge is 2.44. The number of rotatable bonds is 7. The number of phenols is 1. The van der Waals surface area contributed by atoms with E-state index in [9.17, 15) is 5.11 Å². The summed E-state index contributed by atoms with van der Waals surface area (Å²) in [6.07, 6.45) is 15.3. The lowest BCUT2D eigenvalue weighted by molar-refractivity contribution is 0.00668. The highest BCUT2D eigenvalue weighted by Crippen LogP contribution is 2.53. The Balaban J connectivity index is 1.89. The minimum atomic E-state index is -0.183. The van der Waals surface area contributed by atoms with Crippen LogP contribution in [-0.2, 0) is 0 Å². The predicted octanol–water partition coefficient (Wildman–Crippen LogP) is 7.47. The van der Waals surface area contributed by atoms with E-state index in [1.54, 1.807) is 0 Å². The van der Waals surface area contributed by atoms with Crippen LogP contribution in [0.25, 0.3) is 0 Å². The van der Waals surface area contributed by atoms with Crippen LogP contribution in [0, 0.1) is 5.92 Å². The number of hydrogen-bond donors (Lipinski definition) is 1. The van der Waals surface area contributed by atoms with Gasteiger partial charge in [0, 0.05) is 17.4 Å². The van der Waals surface area contributed by atoms with Crippen LogP contribution in [0.2, 0.25) is 0 Å². The van der Waals surface area contributed by atoms with Crippen molar-refractivity contribution in [3.05, 3.63) is 35.4 Å². The van der Waals surface area contributed by atoms with E-state index < -0.39 is 0 Å². The fourth-order valence-corrected chi connectivity index (χ4v) is 5.26. The van der Waals surface area contributed by atoms with E-state index in [2.05, 4.69) is 45.9 Å². The van der Waals surface area contributed by atoms with E-state index in [0.717, 1.165) is 37.0 Å². The largest absolute Gasteiger partial charge is 0.508 e. The Bertz CT molecular complexity index is 659. The zero-order chi connectivity index (χ0) is 19.4. The molecule has 1 aliphatic heterocycles. The average Bonchev–Trinajstić information content (AvgIpc) is 2.88. The first-order valence-corrected chi connectivity index (χ1v) is 11.2. The lowest BCUT2D eigenvalue weighted by atomic mass is 9.71. The van der Waals surface area contributed by atoms with Crippen LogP contribution in [0.1, 0.15) is 108 Å². The molecule has 27 heavy (non-hydrogen) atoms. The molecular weight excluding hydrogens is 332 g/mol. The molecule has 3 rings (SSSR count). The fourth-order valence-electron chi connectivity index (χ4n) is 5.26. The van der Waals surface area contributed by atoms with Gasteiger partial charge in [0.05, 0.1) is 0 Å². The first-order chi connectivity index (χ1) is 13.0. The molecule has 0 fully saturated rings. The van der Waals surface area contributed by atoms with Gasteiger partial charge in [-0.2, -0.15) is 0 Å². The van der Waals surface area contributed by atoms with E-state index in [0.29, 0.717) is 23.5 Å². The number of phenolic OH excluding ortho intramolecular Hbond substituents is 1. The number of benzene rings is 1. The molecule has 0 spiro atoms. The van der Waals surface area contributed by atoms with Crippen LogP contribution in [0.3, 0.4) is 0 Å². The Kier molecular flexibility index (Phi) is 6.55. The normalized spacial score (nSPS) is 24.4. The summed E-state index contributed by atoms with van der Waals surface area (Å²) in [6.45, 7) is 8.97. The van der Waals surface area contributed by atoms with Crippen LogP contribution >= 0.6 is 0 Å². The second-order valence-corrected chi connectivity index (χ2v) is 9.11. The first kappa shape index (κ1) is 20.3. The van der Waals surface area contributed by atoms with Gasteiger partial charge in [0.25, 0.3) is 0 Å². The van der Waals surface area contributed by atoms with Gasteiger partial charge in [-0.3, -0.25) is 0 Å². The minimum Gasteiger partial charge on any atom is -0.508 e. The van der Waals surface area contributed by atoms with Gasteiger partial charge in [-0.25, -0.2) is 0 Å². The summed E-state index contributed by atoms with van der Waals surface area (Å²) >= 11 is 0. The monoisotopic (exact) mass is 370 g/mol. The van der Waals surface area contributed by atoms with Crippen molar-refractivity contribution in [3.8, 4) is 11.5 Å². The molecular formula is C25H38O2. The molecule has 1 unspecified atom stereocenters. The number of unbranched alkanes of at least 4 members (excludes halogenated alkanes) is 3. The zero-order valence-corrected chi connectivity index (χ0v) is 17.8. The topological polar surface area (TPSA) is 29.5 Å². The van der Waals surface area contributed by atoms with Crippen LogP contribution in [-0.4, -0.2) is 10.7 Å². The molecule has 2 heteroatoms. The number of fused-ring (bicyclic) bond motifs is 3. The third kappa shape index (κ3) is 4.36. The summed E-state index contributed by atoms with van der Waals surface area (Å²) in [5.74, 6) is 2.71. The Morgan fingerprint density at radius 2 is 1.96 bits per heavy atom. The Morgan fingerprint density at radius 3 is 2.70 bits per heavy atom. The summed E-state index contributed by atoms with van der Waals surface area (Å²) in [5.41, 5.74) is 2.12. The molecule has 1 heterocycles. The molecule has 0 saturated carbocycles. The van der Waals surface area contributed by atoms with Crippen LogP contribution < -0.4 is 4.74 Å². The predicted molar refractivity (Wildman–Crippen MR) is 114 cm³/mol. The molecule has 150 valence electrons. The van der Waals surface area contributed by atoms with Gasteiger partial charge < -0.3 is 9.84 Å². The summed E-state index contributed by atoms with van der Waals surface area (Å²) in [7, 11) is 0. The van der Waals surface area contributed by atoms with E-state index in [1.807, 2.05) is 6.07 Å². The van der Waals surface area contributed by atoms with Gasteiger partial charge in [0.1, 0.15) is 17.1 Å². The summed E-state index contributed by atoms with van der Waals surface area (Å²) in [4.78, 5) is 0. The first-order valence-electron chi connectivity index (χ1n) is 11.2. The Hall–Kier alpha value is -1.44. The Morgan fingerprint density at radius 1 is 1.15 bits per heavy atom. The van der Waals surface area contributed by atoms with Crippen LogP contribution in [0.5, 0.6) is 11.5 Å². The van der Waals surface area contributed by atoms with Crippen molar-refractivity contribution in [1.29, 1.82) is 0 Å². The van der Waals surface area contributed by atoms with Crippen molar-refractivity contribution in [2.24, 2.45) is 5.92 Å². The SMILES string of the molecule is CCCCCCC(CC)c1cc(O)c2c(c1)OC(C)(C)[C@@H]1CCC=CC[C@@H]21. The smallest absolute Gasteiger partial charge is 0.127 e. The summed E-state index contributed by atoms with van der Waals surface area (Å²) < 4.78 is 6.52. The summed E-state index contributed by atoms with van der Waals surface area (Å²) in [5, 5.41) is 11.0. The Labute approximate surface area is 166 Å². The maximum atomic E-state index is 11.0. The second kappa shape index (κ2) is 8.71. The fraction of sp³-hybridized carbons (Fsp3) is 0.680. The minimum absolute atomic E-state index is 0.183. The van der Waals surface area contributed by atoms with E-state index in [4.69, 9.17) is 4.74 Å². The molecule has 2 nitrogen and oxygen atoms in total. The molecule has 0 bridgehead atoms. The number of allylic oxidation sites excluding steroid dienone is 2. The van der Waals surface area contributed by atoms with Crippen molar-refractivity contribution in [2.75, 3.05) is 0 Å². The van der Waals surface area contributed by atoms with Crippen LogP contribution in [0.4, 0.5) is 0 Å². The lowest BCUT2D eigenvalue weighted by Crippen LogP contribution is -2.44. The quantitative estimate of drug-likeness (QED) is 0.398. The average molecular weight is 371 g/mol. The molecule has 0 amide bonds. The van der Waals surface area contributed by atoms with Crippen LogP contribution in [0.15, 0.2) is 24.3 Å². The maximum absolute atomic E-state index is 11.0. The van der Waals surface area contributed by atoms with Crippen molar-refractivity contribution in [2.45, 2.75) is 103 Å². The molecule has 1 aromatic rings. The van der Waals surface area contributed by atoms with Gasteiger partial charge in [-0.05, 0) is 69.6 Å². The number of aromatic hydroxyl groups is 1. The van der Waals surface area contributed by atoms with Crippen molar-refractivity contribution < 1.29 is 9.84 Å². The molecule has 1 N–H and O–H groups in total. The standard InChI is InChI=1S/C25H38O2/c1-5-7-8-10-13-18(6-2)19-16-22(26)24-20-14-11-9-12-15-21(20)25(3,4)27-23(24)17-19/h9,11,16-18,20-21,26H,5-8,10,12-15H2,1-4H3/t18?,20-,21-/m1/s1. The van der Waals surface area contributed by atoms with Crippen molar-refractivity contribution in [3.63, 3.8) is 0 Å². The third-order valence-corrected chi connectivity index (χ3v) is 6.84. The molecule has 3 atom stereocenters. The molecule has 1 aromatic carbocycles. The van der Waals surface area contributed by atoms with Gasteiger partial charge >= 0.3 is 0 Å². The van der Waals surface area contributed by atoms with E-state index >= 15 is 0 Å². The number of hydrogen-bond acceptors (Lipinski definition) is 2. The van der Waals surface area contributed by atoms with E-state index in [1.165, 1.54) is 37.7 Å². The van der Waals surface area contributed by atoms with Gasteiger partial charge in [0.15, 0.2) is 0 Å². The second-order valence-electron chi connectivity index (χ2n) is 9.11. The zero-order valence-electron chi connectivity index (χ0n) is 17.8. The third-order valence-electron chi connectivity index (χ3n) is 6.84. The van der Waals surface area contributed by atoms with E-state index in [-0.39, 0.29) is 5.60 Å².